The smallest absolute Gasteiger partial charge is 0.251 e. The Hall–Kier alpha value is -3.23. The molecular formula is C21H28N6O7S. The number of carbonyl (C=O) groups excluding carboxylic acids is 2. The first kappa shape index (κ1) is 24.9. The van der Waals surface area contributed by atoms with Gasteiger partial charge in [0.2, 0.25) is 15.9 Å². The second-order valence-corrected chi connectivity index (χ2v) is 10.2. The van der Waals surface area contributed by atoms with Gasteiger partial charge < -0.3 is 24.4 Å². The van der Waals surface area contributed by atoms with Crippen LogP contribution in [0.25, 0.3) is 0 Å². The van der Waals surface area contributed by atoms with Crippen molar-refractivity contribution in [3.8, 4) is 11.5 Å². The van der Waals surface area contributed by atoms with Gasteiger partial charge in [0.1, 0.15) is 12.3 Å². The molecule has 2 atom stereocenters. The van der Waals surface area contributed by atoms with Crippen molar-refractivity contribution < 1.29 is 32.2 Å². The van der Waals surface area contributed by atoms with E-state index in [0.29, 0.717) is 35.9 Å². The maximum atomic E-state index is 13.0. The molecule has 13 nitrogen and oxygen atoms in total. The minimum Gasteiger partial charge on any atom is -0.493 e. The molecule has 0 spiro atoms. The summed E-state index contributed by atoms with van der Waals surface area (Å²) in [5.41, 5.74) is 0.976. The van der Waals surface area contributed by atoms with E-state index >= 15 is 0 Å². The number of fused-ring (bicyclic) bond motifs is 5. The van der Waals surface area contributed by atoms with E-state index in [1.165, 1.54) is 7.11 Å². The number of nitrogens with one attached hydrogen (secondary N) is 2. The number of hydrogen-bond acceptors (Lipinski definition) is 9. The van der Waals surface area contributed by atoms with E-state index in [2.05, 4.69) is 20.4 Å². The standard InChI is InChI=1S/C21H28N6O7S/c1-32-17-4-3-14-9-18(17)33-8-7-27-10-15(24-25-27)13-34-19-12-26(11-16(19)23-21(14)29)20(28)5-6-22-35(2,30)31/h3-4,9-10,16,19,22H,5-8,11-13H2,1-2H3,(H,23,29)/t16-,19-/m0/s1. The van der Waals surface area contributed by atoms with Gasteiger partial charge in [-0.2, -0.15) is 0 Å². The Labute approximate surface area is 202 Å². The summed E-state index contributed by atoms with van der Waals surface area (Å²) in [6.07, 6.45) is 2.29. The second kappa shape index (κ2) is 10.6. The fourth-order valence-corrected chi connectivity index (χ4v) is 4.40. The molecule has 0 unspecified atom stereocenters. The van der Waals surface area contributed by atoms with Gasteiger partial charge in [-0.3, -0.25) is 9.59 Å². The number of nitrogens with zero attached hydrogens (tertiary/aromatic N) is 4. The van der Waals surface area contributed by atoms with Crippen LogP contribution < -0.4 is 19.5 Å². The largest absolute Gasteiger partial charge is 0.493 e. The molecule has 1 aromatic carbocycles. The lowest BCUT2D eigenvalue weighted by Crippen LogP contribution is -2.44. The van der Waals surface area contributed by atoms with Crippen molar-refractivity contribution >= 4 is 21.8 Å². The lowest BCUT2D eigenvalue weighted by Gasteiger charge is -2.20. The van der Waals surface area contributed by atoms with Crippen LogP contribution in [0.4, 0.5) is 0 Å². The molecular weight excluding hydrogens is 480 g/mol. The molecule has 4 bridgehead atoms. The van der Waals surface area contributed by atoms with Crippen LogP contribution >= 0.6 is 0 Å². The molecule has 14 heteroatoms. The van der Waals surface area contributed by atoms with Crippen molar-refractivity contribution in [2.45, 2.75) is 31.7 Å². The summed E-state index contributed by atoms with van der Waals surface area (Å²) in [7, 11) is -1.87. The van der Waals surface area contributed by atoms with Gasteiger partial charge in [-0.15, -0.1) is 5.10 Å². The third kappa shape index (κ3) is 6.46. The van der Waals surface area contributed by atoms with Crippen molar-refractivity contribution in [3.05, 3.63) is 35.7 Å². The Morgan fingerprint density at radius 1 is 1.34 bits per heavy atom. The Balaban J connectivity index is 1.53. The van der Waals surface area contributed by atoms with Gasteiger partial charge in [0.25, 0.3) is 5.91 Å². The SMILES string of the molecule is COc1ccc2cc1OCCn1cc(nn1)CO[C@H]1CN(C(=O)CCNS(C)(=O)=O)C[C@@H]1NC2=O. The van der Waals surface area contributed by atoms with E-state index in [-0.39, 0.29) is 44.5 Å². The van der Waals surface area contributed by atoms with E-state index < -0.39 is 22.2 Å². The predicted octanol–water partition coefficient (Wildman–Crippen LogP) is -0.856. The topological polar surface area (TPSA) is 154 Å². The molecule has 35 heavy (non-hydrogen) atoms. The third-order valence-corrected chi connectivity index (χ3v) is 6.40. The molecule has 1 saturated heterocycles. The van der Waals surface area contributed by atoms with Gasteiger partial charge in [0.15, 0.2) is 11.5 Å². The Morgan fingerprint density at radius 3 is 2.94 bits per heavy atom. The number of hydrogen-bond donors (Lipinski definition) is 2. The quantitative estimate of drug-likeness (QED) is 0.525. The predicted molar refractivity (Wildman–Crippen MR) is 122 cm³/mol. The number of ether oxygens (including phenoxy) is 3. The second-order valence-electron chi connectivity index (χ2n) is 8.33. The summed E-state index contributed by atoms with van der Waals surface area (Å²) >= 11 is 0. The van der Waals surface area contributed by atoms with Crippen molar-refractivity contribution in [3.63, 3.8) is 0 Å². The summed E-state index contributed by atoms with van der Waals surface area (Å²) in [5, 5.41) is 11.1. The molecule has 2 N–H and O–H groups in total. The highest BCUT2D eigenvalue weighted by Gasteiger charge is 2.37. The van der Waals surface area contributed by atoms with E-state index in [1.807, 2.05) is 0 Å². The first-order valence-corrected chi connectivity index (χ1v) is 13.0. The van der Waals surface area contributed by atoms with Crippen molar-refractivity contribution in [1.29, 1.82) is 0 Å². The molecule has 1 fully saturated rings. The van der Waals surface area contributed by atoms with Crippen LogP contribution in [0.1, 0.15) is 22.5 Å². The highest BCUT2D eigenvalue weighted by atomic mass is 32.2. The highest BCUT2D eigenvalue weighted by Crippen LogP contribution is 2.28. The first-order chi connectivity index (χ1) is 16.7. The van der Waals surface area contributed by atoms with Crippen molar-refractivity contribution in [1.82, 2.24) is 29.9 Å². The van der Waals surface area contributed by atoms with Gasteiger partial charge in [0, 0.05) is 31.6 Å². The Kier molecular flexibility index (Phi) is 7.52. The monoisotopic (exact) mass is 508 g/mol. The van der Waals surface area contributed by atoms with E-state index in [1.54, 1.807) is 34.0 Å². The number of benzene rings is 1. The molecule has 2 aliphatic heterocycles. The lowest BCUT2D eigenvalue weighted by atomic mass is 10.1. The highest BCUT2D eigenvalue weighted by molar-refractivity contribution is 7.88. The van der Waals surface area contributed by atoms with Crippen LogP contribution in [0, 0.1) is 0 Å². The summed E-state index contributed by atoms with van der Waals surface area (Å²) in [4.78, 5) is 27.3. The zero-order valence-electron chi connectivity index (χ0n) is 19.5. The number of likely N-dealkylation sites (tertiary alicyclic amines) is 1. The van der Waals surface area contributed by atoms with Crippen LogP contribution in [-0.4, -0.2) is 91.9 Å². The van der Waals surface area contributed by atoms with Crippen LogP contribution in [0.2, 0.25) is 0 Å². The maximum Gasteiger partial charge on any atom is 0.251 e. The first-order valence-electron chi connectivity index (χ1n) is 11.1. The molecule has 190 valence electrons. The minimum absolute atomic E-state index is 0.00551. The number of aromatic nitrogens is 3. The molecule has 4 rings (SSSR count). The van der Waals surface area contributed by atoms with Crippen LogP contribution in [0.5, 0.6) is 11.5 Å². The summed E-state index contributed by atoms with van der Waals surface area (Å²) in [6, 6.07) is 4.40. The Bertz CT molecular complexity index is 1180. The fourth-order valence-electron chi connectivity index (χ4n) is 3.92. The number of sulfonamides is 1. The van der Waals surface area contributed by atoms with E-state index in [9.17, 15) is 18.0 Å². The molecule has 1 aromatic heterocycles. The normalized spacial score (nSPS) is 20.7. The maximum absolute atomic E-state index is 13.0. The summed E-state index contributed by atoms with van der Waals surface area (Å²) in [5.74, 6) is 0.326. The molecule has 0 saturated carbocycles. The zero-order valence-corrected chi connectivity index (χ0v) is 20.3. The summed E-state index contributed by atoms with van der Waals surface area (Å²) < 4.78 is 43.7. The van der Waals surface area contributed by atoms with Crippen LogP contribution in [0.3, 0.4) is 0 Å². The number of amides is 2. The van der Waals surface area contributed by atoms with Crippen molar-refractivity contribution in [2.75, 3.05) is 39.6 Å². The van der Waals surface area contributed by atoms with Gasteiger partial charge >= 0.3 is 0 Å². The average Bonchev–Trinajstić information content (AvgIpc) is 3.43. The van der Waals surface area contributed by atoms with Gasteiger partial charge in [-0.25, -0.2) is 17.8 Å². The average molecular weight is 509 g/mol. The Morgan fingerprint density at radius 2 is 2.17 bits per heavy atom. The van der Waals surface area contributed by atoms with E-state index in [4.69, 9.17) is 14.2 Å². The number of rotatable bonds is 5. The van der Waals surface area contributed by atoms with Gasteiger partial charge in [0.05, 0.1) is 44.9 Å². The van der Waals surface area contributed by atoms with Gasteiger partial charge in [-0.1, -0.05) is 5.21 Å². The molecule has 2 amide bonds. The molecule has 3 heterocycles. The molecule has 0 aliphatic carbocycles. The minimum atomic E-state index is -3.39. The van der Waals surface area contributed by atoms with Gasteiger partial charge in [-0.05, 0) is 18.2 Å². The molecule has 2 aliphatic rings. The number of methoxy groups -OCH3 is 1. The van der Waals surface area contributed by atoms with E-state index in [0.717, 1.165) is 6.26 Å². The van der Waals surface area contributed by atoms with Crippen molar-refractivity contribution in [2.24, 2.45) is 0 Å². The van der Waals surface area contributed by atoms with Crippen LogP contribution in [0.15, 0.2) is 24.4 Å². The summed E-state index contributed by atoms with van der Waals surface area (Å²) in [6.45, 7) is 1.34. The number of carbonyl (C=O) groups is 2. The third-order valence-electron chi connectivity index (χ3n) is 5.67. The lowest BCUT2D eigenvalue weighted by molar-refractivity contribution is -0.130. The fraction of sp³-hybridized carbons (Fsp3) is 0.524. The molecule has 2 aromatic rings. The zero-order chi connectivity index (χ0) is 25.0. The molecule has 0 radical (unpaired) electrons. The van der Waals surface area contributed by atoms with Crippen LogP contribution in [-0.2, 0) is 32.7 Å².